The number of halogens is 2. The lowest BCUT2D eigenvalue weighted by atomic mass is 10.0. The van der Waals surface area contributed by atoms with Gasteiger partial charge in [0.1, 0.15) is 5.82 Å². The minimum atomic E-state index is -0.222. The largest absolute Gasteiger partial charge is 0.377 e. The SMILES string of the molecule is Cc1cc(F)ccc1C(CN)Nc1ccc(Br)cc1. The van der Waals surface area contributed by atoms with Crippen molar-refractivity contribution < 1.29 is 4.39 Å². The zero-order valence-corrected chi connectivity index (χ0v) is 12.2. The first-order chi connectivity index (χ1) is 9.10. The number of hydrogen-bond acceptors (Lipinski definition) is 2. The summed E-state index contributed by atoms with van der Waals surface area (Å²) in [5, 5.41) is 3.36. The van der Waals surface area contributed by atoms with Gasteiger partial charge < -0.3 is 11.1 Å². The molecule has 3 N–H and O–H groups in total. The minimum Gasteiger partial charge on any atom is -0.377 e. The fourth-order valence-electron chi connectivity index (χ4n) is 2.04. The van der Waals surface area contributed by atoms with Crippen molar-refractivity contribution in [1.29, 1.82) is 0 Å². The standard InChI is InChI=1S/C15H16BrFN2/c1-10-8-12(17)4-7-14(10)15(9-18)19-13-5-2-11(16)3-6-13/h2-8,15,19H,9,18H2,1H3. The van der Waals surface area contributed by atoms with Crippen molar-refractivity contribution in [2.45, 2.75) is 13.0 Å². The van der Waals surface area contributed by atoms with E-state index < -0.39 is 0 Å². The summed E-state index contributed by atoms with van der Waals surface area (Å²) >= 11 is 3.40. The Balaban J connectivity index is 2.22. The highest BCUT2D eigenvalue weighted by atomic mass is 79.9. The summed E-state index contributed by atoms with van der Waals surface area (Å²) in [5.41, 5.74) is 8.74. The number of nitrogens with two attached hydrogens (primary N) is 1. The molecule has 0 aliphatic carbocycles. The molecule has 0 amide bonds. The van der Waals surface area contributed by atoms with Gasteiger partial charge in [-0.05, 0) is 54.4 Å². The molecule has 2 rings (SSSR count). The van der Waals surface area contributed by atoms with Gasteiger partial charge in [0.05, 0.1) is 6.04 Å². The van der Waals surface area contributed by atoms with Crippen molar-refractivity contribution in [3.63, 3.8) is 0 Å². The van der Waals surface area contributed by atoms with E-state index in [0.717, 1.165) is 21.3 Å². The molecule has 19 heavy (non-hydrogen) atoms. The van der Waals surface area contributed by atoms with E-state index in [9.17, 15) is 4.39 Å². The first-order valence-electron chi connectivity index (χ1n) is 6.08. The zero-order chi connectivity index (χ0) is 13.8. The van der Waals surface area contributed by atoms with Crippen LogP contribution < -0.4 is 11.1 Å². The number of anilines is 1. The first kappa shape index (κ1) is 14.0. The van der Waals surface area contributed by atoms with Gasteiger partial charge in [0.25, 0.3) is 0 Å². The number of nitrogens with one attached hydrogen (secondary N) is 1. The van der Waals surface area contributed by atoms with Crippen molar-refractivity contribution in [2.75, 3.05) is 11.9 Å². The normalized spacial score (nSPS) is 12.2. The van der Waals surface area contributed by atoms with Gasteiger partial charge in [-0.2, -0.15) is 0 Å². The van der Waals surface area contributed by atoms with Gasteiger partial charge >= 0.3 is 0 Å². The van der Waals surface area contributed by atoms with E-state index in [1.54, 1.807) is 6.07 Å². The fourth-order valence-corrected chi connectivity index (χ4v) is 2.31. The number of aryl methyl sites for hydroxylation is 1. The van der Waals surface area contributed by atoms with E-state index in [1.807, 2.05) is 31.2 Å². The second-order valence-corrected chi connectivity index (χ2v) is 5.36. The van der Waals surface area contributed by atoms with Crippen LogP contribution in [0.15, 0.2) is 46.9 Å². The van der Waals surface area contributed by atoms with Gasteiger partial charge in [-0.25, -0.2) is 4.39 Å². The molecule has 2 nitrogen and oxygen atoms in total. The molecule has 0 spiro atoms. The van der Waals surface area contributed by atoms with Crippen molar-refractivity contribution in [2.24, 2.45) is 5.73 Å². The summed E-state index contributed by atoms with van der Waals surface area (Å²) in [6, 6.07) is 12.6. The Hall–Kier alpha value is -1.39. The maximum Gasteiger partial charge on any atom is 0.123 e. The van der Waals surface area contributed by atoms with E-state index in [4.69, 9.17) is 5.73 Å². The van der Waals surface area contributed by atoms with Crippen molar-refractivity contribution in [1.82, 2.24) is 0 Å². The van der Waals surface area contributed by atoms with Crippen LogP contribution in [0.3, 0.4) is 0 Å². The fraction of sp³-hybridized carbons (Fsp3) is 0.200. The maximum absolute atomic E-state index is 13.1. The van der Waals surface area contributed by atoms with Gasteiger partial charge in [0.15, 0.2) is 0 Å². The van der Waals surface area contributed by atoms with Crippen LogP contribution in [-0.4, -0.2) is 6.54 Å². The van der Waals surface area contributed by atoms with E-state index in [0.29, 0.717) is 6.54 Å². The molecule has 0 aromatic heterocycles. The highest BCUT2D eigenvalue weighted by molar-refractivity contribution is 9.10. The van der Waals surface area contributed by atoms with Crippen LogP contribution in [0.5, 0.6) is 0 Å². The Morgan fingerprint density at radius 1 is 1.21 bits per heavy atom. The third-order valence-corrected chi connectivity index (χ3v) is 3.56. The molecule has 0 aliphatic heterocycles. The van der Waals surface area contributed by atoms with Gasteiger partial charge in [-0.3, -0.25) is 0 Å². The Morgan fingerprint density at radius 3 is 2.47 bits per heavy atom. The molecule has 4 heteroatoms. The Kier molecular flexibility index (Phi) is 4.56. The quantitative estimate of drug-likeness (QED) is 0.892. The topological polar surface area (TPSA) is 38.0 Å². The van der Waals surface area contributed by atoms with Gasteiger partial charge in [-0.15, -0.1) is 0 Å². The molecule has 1 atom stereocenters. The average molecular weight is 323 g/mol. The van der Waals surface area contributed by atoms with Crippen LogP contribution in [0.4, 0.5) is 10.1 Å². The first-order valence-corrected chi connectivity index (χ1v) is 6.87. The molecule has 0 saturated heterocycles. The van der Waals surface area contributed by atoms with Crippen LogP contribution in [0.1, 0.15) is 17.2 Å². The number of benzene rings is 2. The van der Waals surface area contributed by atoms with Crippen LogP contribution in [0, 0.1) is 12.7 Å². The summed E-state index contributed by atoms with van der Waals surface area (Å²) in [6.45, 7) is 2.34. The Morgan fingerprint density at radius 2 is 1.89 bits per heavy atom. The molecule has 1 unspecified atom stereocenters. The van der Waals surface area contributed by atoms with Gasteiger partial charge in [0.2, 0.25) is 0 Å². The van der Waals surface area contributed by atoms with Crippen LogP contribution in [-0.2, 0) is 0 Å². The highest BCUT2D eigenvalue weighted by Gasteiger charge is 2.12. The predicted octanol–water partition coefficient (Wildman–Crippen LogP) is 4.01. The molecule has 0 aliphatic rings. The van der Waals surface area contributed by atoms with E-state index >= 15 is 0 Å². The summed E-state index contributed by atoms with van der Waals surface area (Å²) in [6.07, 6.45) is 0. The zero-order valence-electron chi connectivity index (χ0n) is 10.7. The van der Waals surface area contributed by atoms with Crippen LogP contribution in [0.2, 0.25) is 0 Å². The highest BCUT2D eigenvalue weighted by Crippen LogP contribution is 2.23. The minimum absolute atomic E-state index is 0.0261. The van der Waals surface area contributed by atoms with Gasteiger partial charge in [0, 0.05) is 16.7 Å². The lowest BCUT2D eigenvalue weighted by Gasteiger charge is -2.20. The van der Waals surface area contributed by atoms with E-state index in [2.05, 4.69) is 21.2 Å². The molecular formula is C15H16BrFN2. The van der Waals surface area contributed by atoms with E-state index in [1.165, 1.54) is 12.1 Å². The van der Waals surface area contributed by atoms with Crippen molar-refractivity contribution in [3.05, 3.63) is 63.9 Å². The molecule has 0 bridgehead atoms. The molecule has 0 radical (unpaired) electrons. The molecular weight excluding hydrogens is 307 g/mol. The van der Waals surface area contributed by atoms with Gasteiger partial charge in [-0.1, -0.05) is 22.0 Å². The van der Waals surface area contributed by atoms with Crippen LogP contribution in [0.25, 0.3) is 0 Å². The Labute approximate surface area is 121 Å². The number of hydrogen-bond donors (Lipinski definition) is 2. The third kappa shape index (κ3) is 3.55. The lowest BCUT2D eigenvalue weighted by Crippen LogP contribution is -2.21. The van der Waals surface area contributed by atoms with E-state index in [-0.39, 0.29) is 11.9 Å². The molecule has 2 aromatic rings. The number of rotatable bonds is 4. The maximum atomic E-state index is 13.1. The summed E-state index contributed by atoms with van der Waals surface area (Å²) in [7, 11) is 0. The second-order valence-electron chi connectivity index (χ2n) is 4.44. The molecule has 0 heterocycles. The average Bonchev–Trinajstić information content (AvgIpc) is 2.39. The van der Waals surface area contributed by atoms with Crippen molar-refractivity contribution >= 4 is 21.6 Å². The lowest BCUT2D eigenvalue weighted by molar-refractivity contribution is 0.624. The molecule has 0 fully saturated rings. The Bertz CT molecular complexity index is 555. The molecule has 0 saturated carbocycles. The second kappa shape index (κ2) is 6.17. The van der Waals surface area contributed by atoms with Crippen molar-refractivity contribution in [3.8, 4) is 0 Å². The van der Waals surface area contributed by atoms with Crippen LogP contribution >= 0.6 is 15.9 Å². The smallest absolute Gasteiger partial charge is 0.123 e. The summed E-state index contributed by atoms with van der Waals surface area (Å²) in [5.74, 6) is -0.222. The summed E-state index contributed by atoms with van der Waals surface area (Å²) < 4.78 is 14.2. The summed E-state index contributed by atoms with van der Waals surface area (Å²) in [4.78, 5) is 0. The monoisotopic (exact) mass is 322 g/mol. The predicted molar refractivity (Wildman–Crippen MR) is 80.7 cm³/mol. The molecule has 2 aromatic carbocycles. The third-order valence-electron chi connectivity index (χ3n) is 3.03. The molecule has 100 valence electrons.